The number of carbonyl (C=O) groups is 1. The van der Waals surface area contributed by atoms with Crippen LogP contribution in [-0.2, 0) is 0 Å². The van der Waals surface area contributed by atoms with Gasteiger partial charge in [0.25, 0.3) is 5.91 Å². The van der Waals surface area contributed by atoms with Crippen molar-refractivity contribution in [1.29, 1.82) is 0 Å². The van der Waals surface area contributed by atoms with Crippen molar-refractivity contribution in [1.82, 2.24) is 5.32 Å². The quantitative estimate of drug-likeness (QED) is 0.830. The molecule has 0 aromatic heterocycles. The van der Waals surface area contributed by atoms with Crippen molar-refractivity contribution in [2.24, 2.45) is 5.41 Å². The molecule has 1 aromatic carbocycles. The van der Waals surface area contributed by atoms with Gasteiger partial charge in [-0.05, 0) is 36.5 Å². The smallest absolute Gasteiger partial charge is 0.251 e. The third kappa shape index (κ3) is 3.27. The molecule has 0 bridgehead atoms. The number of carbonyl (C=O) groups excluding carboxylic acids is 1. The maximum absolute atomic E-state index is 12.0. The van der Waals surface area contributed by atoms with E-state index in [-0.39, 0.29) is 11.3 Å². The van der Waals surface area contributed by atoms with Crippen LogP contribution in [0.3, 0.4) is 0 Å². The number of halogens is 2. The summed E-state index contributed by atoms with van der Waals surface area (Å²) in [6.45, 7) is 0.740. The van der Waals surface area contributed by atoms with Crippen LogP contribution in [0.15, 0.2) is 24.3 Å². The number of nitrogens with one attached hydrogen (secondary N) is 1. The van der Waals surface area contributed by atoms with Crippen molar-refractivity contribution >= 4 is 33.4 Å². The Morgan fingerprint density at radius 3 is 2.72 bits per heavy atom. The van der Waals surface area contributed by atoms with Gasteiger partial charge in [0.15, 0.2) is 0 Å². The van der Waals surface area contributed by atoms with Gasteiger partial charge in [-0.15, -0.1) is 0 Å². The van der Waals surface area contributed by atoms with Crippen molar-refractivity contribution in [3.8, 4) is 0 Å². The number of rotatable bonds is 4. The van der Waals surface area contributed by atoms with Crippen molar-refractivity contribution < 1.29 is 4.79 Å². The lowest BCUT2D eigenvalue weighted by atomic mass is 9.89. The van der Waals surface area contributed by atoms with Crippen LogP contribution in [0.25, 0.3) is 0 Å². The van der Waals surface area contributed by atoms with Gasteiger partial charge >= 0.3 is 0 Å². The molecular formula is C14H17BrClNO. The van der Waals surface area contributed by atoms with Gasteiger partial charge in [-0.3, -0.25) is 4.79 Å². The average Bonchev–Trinajstić information content (AvgIpc) is 2.85. The van der Waals surface area contributed by atoms with Crippen LogP contribution in [-0.4, -0.2) is 17.8 Å². The highest BCUT2D eigenvalue weighted by Crippen LogP contribution is 2.38. The van der Waals surface area contributed by atoms with Crippen LogP contribution >= 0.6 is 27.5 Å². The van der Waals surface area contributed by atoms with Gasteiger partial charge in [0.1, 0.15) is 0 Å². The number of alkyl halides is 1. The first kappa shape index (κ1) is 13.9. The molecule has 0 aliphatic heterocycles. The second-order valence-electron chi connectivity index (χ2n) is 5.03. The number of hydrogen-bond donors (Lipinski definition) is 1. The third-order valence-corrected chi connectivity index (χ3v) is 5.08. The molecule has 0 unspecified atom stereocenters. The largest absolute Gasteiger partial charge is 0.351 e. The Kier molecular flexibility index (Phi) is 4.68. The van der Waals surface area contributed by atoms with Gasteiger partial charge in [-0.1, -0.05) is 46.4 Å². The summed E-state index contributed by atoms with van der Waals surface area (Å²) in [4.78, 5) is 12.0. The SMILES string of the molecule is O=C(NCC1(CBr)CCCC1)c1cccc(Cl)c1. The van der Waals surface area contributed by atoms with E-state index < -0.39 is 0 Å². The third-order valence-electron chi connectivity index (χ3n) is 3.66. The van der Waals surface area contributed by atoms with Crippen molar-refractivity contribution in [2.45, 2.75) is 25.7 Å². The zero-order valence-corrected chi connectivity index (χ0v) is 12.6. The van der Waals surface area contributed by atoms with E-state index in [2.05, 4.69) is 21.2 Å². The lowest BCUT2D eigenvalue weighted by Crippen LogP contribution is -2.37. The van der Waals surface area contributed by atoms with Gasteiger partial charge in [-0.2, -0.15) is 0 Å². The molecule has 0 spiro atoms. The monoisotopic (exact) mass is 329 g/mol. The molecule has 1 saturated carbocycles. The minimum atomic E-state index is -0.0373. The molecule has 0 saturated heterocycles. The van der Waals surface area contributed by atoms with Crippen LogP contribution in [0.4, 0.5) is 0 Å². The number of amides is 1. The van der Waals surface area contributed by atoms with Crippen LogP contribution < -0.4 is 5.32 Å². The molecule has 0 radical (unpaired) electrons. The summed E-state index contributed by atoms with van der Waals surface area (Å²) in [6.07, 6.45) is 4.90. The predicted molar refractivity (Wildman–Crippen MR) is 78.5 cm³/mol. The molecule has 18 heavy (non-hydrogen) atoms. The molecule has 1 amide bonds. The Balaban J connectivity index is 1.96. The van der Waals surface area contributed by atoms with Gasteiger partial charge in [0, 0.05) is 22.5 Å². The molecule has 1 aliphatic rings. The Morgan fingerprint density at radius 1 is 1.39 bits per heavy atom. The molecule has 2 nitrogen and oxygen atoms in total. The lowest BCUT2D eigenvalue weighted by molar-refractivity contribution is 0.0935. The van der Waals surface area contributed by atoms with E-state index >= 15 is 0 Å². The zero-order valence-electron chi connectivity index (χ0n) is 10.2. The number of hydrogen-bond acceptors (Lipinski definition) is 1. The molecule has 1 fully saturated rings. The topological polar surface area (TPSA) is 29.1 Å². The Labute approximate surface area is 121 Å². The molecule has 4 heteroatoms. The Hall–Kier alpha value is -0.540. The minimum Gasteiger partial charge on any atom is -0.351 e. The lowest BCUT2D eigenvalue weighted by Gasteiger charge is -2.26. The average molecular weight is 331 g/mol. The highest BCUT2D eigenvalue weighted by molar-refractivity contribution is 9.09. The van der Waals surface area contributed by atoms with Crippen LogP contribution in [0.1, 0.15) is 36.0 Å². The van der Waals surface area contributed by atoms with Crippen LogP contribution in [0.2, 0.25) is 5.02 Å². The maximum atomic E-state index is 12.0. The maximum Gasteiger partial charge on any atom is 0.251 e. The standard InChI is InChI=1S/C14H17BrClNO/c15-9-14(6-1-2-7-14)10-17-13(18)11-4-3-5-12(16)8-11/h3-5,8H,1-2,6-7,9-10H2,(H,17,18). The molecule has 2 rings (SSSR count). The van der Waals surface area contributed by atoms with Gasteiger partial charge in [0.05, 0.1) is 0 Å². The first-order valence-electron chi connectivity index (χ1n) is 6.25. The van der Waals surface area contributed by atoms with E-state index in [4.69, 9.17) is 11.6 Å². The highest BCUT2D eigenvalue weighted by Gasteiger charge is 2.33. The van der Waals surface area contributed by atoms with E-state index in [0.29, 0.717) is 10.6 Å². The molecule has 1 aliphatic carbocycles. The summed E-state index contributed by atoms with van der Waals surface area (Å²) >= 11 is 9.46. The van der Waals surface area contributed by atoms with E-state index in [1.807, 2.05) is 0 Å². The number of benzene rings is 1. The van der Waals surface area contributed by atoms with Gasteiger partial charge in [0.2, 0.25) is 0 Å². The fraction of sp³-hybridized carbons (Fsp3) is 0.500. The van der Waals surface area contributed by atoms with Crippen LogP contribution in [0.5, 0.6) is 0 Å². The second-order valence-corrected chi connectivity index (χ2v) is 6.03. The van der Waals surface area contributed by atoms with E-state index in [9.17, 15) is 4.79 Å². The Bertz CT molecular complexity index is 430. The van der Waals surface area contributed by atoms with E-state index in [1.165, 1.54) is 25.7 Å². The summed E-state index contributed by atoms with van der Waals surface area (Å²) < 4.78 is 0. The molecule has 1 N–H and O–H groups in total. The predicted octanol–water partition coefficient (Wildman–Crippen LogP) is 4.03. The molecule has 0 atom stereocenters. The molecule has 1 aromatic rings. The van der Waals surface area contributed by atoms with Gasteiger partial charge < -0.3 is 5.32 Å². The highest BCUT2D eigenvalue weighted by atomic mass is 79.9. The molecular weight excluding hydrogens is 314 g/mol. The summed E-state index contributed by atoms with van der Waals surface area (Å²) in [7, 11) is 0. The minimum absolute atomic E-state index is 0.0373. The first-order chi connectivity index (χ1) is 8.65. The van der Waals surface area contributed by atoms with Gasteiger partial charge in [-0.25, -0.2) is 0 Å². The normalized spacial score (nSPS) is 17.7. The van der Waals surface area contributed by atoms with E-state index in [1.54, 1.807) is 24.3 Å². The zero-order chi connectivity index (χ0) is 13.0. The van der Waals surface area contributed by atoms with Crippen molar-refractivity contribution in [3.05, 3.63) is 34.9 Å². The summed E-state index contributed by atoms with van der Waals surface area (Å²) in [5.41, 5.74) is 0.874. The summed E-state index contributed by atoms with van der Waals surface area (Å²) in [6, 6.07) is 7.06. The van der Waals surface area contributed by atoms with Crippen LogP contribution in [0, 0.1) is 5.41 Å². The fourth-order valence-corrected chi connectivity index (χ4v) is 3.43. The first-order valence-corrected chi connectivity index (χ1v) is 7.75. The fourth-order valence-electron chi connectivity index (χ4n) is 2.48. The van der Waals surface area contributed by atoms with Crippen molar-refractivity contribution in [2.75, 3.05) is 11.9 Å². The summed E-state index contributed by atoms with van der Waals surface area (Å²) in [5.74, 6) is -0.0373. The molecule has 0 heterocycles. The van der Waals surface area contributed by atoms with Crippen molar-refractivity contribution in [3.63, 3.8) is 0 Å². The van der Waals surface area contributed by atoms with E-state index in [0.717, 1.165) is 11.9 Å². The second kappa shape index (κ2) is 6.07. The molecule has 98 valence electrons. The summed E-state index contributed by atoms with van der Waals surface area (Å²) in [5, 5.41) is 4.58. The Morgan fingerprint density at radius 2 is 2.11 bits per heavy atom.